The first kappa shape index (κ1) is 18.2. The molecule has 0 bridgehead atoms. The van der Waals surface area contributed by atoms with Crippen LogP contribution in [0.1, 0.15) is 10.6 Å². The smallest absolute Gasteiger partial charge is 0.284 e. The molecule has 2 amide bonds. The second-order valence-corrected chi connectivity index (χ2v) is 6.41. The van der Waals surface area contributed by atoms with Crippen molar-refractivity contribution in [2.75, 3.05) is 5.32 Å². The standard InChI is InChI=1S/C20H18N6O3/c1-25-18(9-15(24-25)13-5-3-2-4-6-13)23-19(27)12-26-11-14(10-22-26)16-7-8-17(29-16)20(21)28/h2-11H,12H2,1H3,(H2,21,28)(H,23,27). The summed E-state index contributed by atoms with van der Waals surface area (Å²) in [6, 6.07) is 14.7. The van der Waals surface area contributed by atoms with Crippen LogP contribution in [-0.4, -0.2) is 31.4 Å². The van der Waals surface area contributed by atoms with Gasteiger partial charge in [-0.15, -0.1) is 0 Å². The average molecular weight is 390 g/mol. The predicted octanol–water partition coefficient (Wildman–Crippen LogP) is 2.28. The van der Waals surface area contributed by atoms with Crippen molar-refractivity contribution in [3.05, 3.63) is 66.7 Å². The number of carbonyl (C=O) groups is 2. The van der Waals surface area contributed by atoms with E-state index in [4.69, 9.17) is 10.2 Å². The van der Waals surface area contributed by atoms with Gasteiger partial charge in [-0.05, 0) is 12.1 Å². The molecule has 0 aliphatic rings. The minimum absolute atomic E-state index is 0.00916. The maximum absolute atomic E-state index is 12.4. The van der Waals surface area contributed by atoms with Crippen LogP contribution in [-0.2, 0) is 18.4 Å². The van der Waals surface area contributed by atoms with Crippen molar-refractivity contribution in [2.24, 2.45) is 12.8 Å². The highest BCUT2D eigenvalue weighted by Crippen LogP contribution is 2.22. The molecule has 0 radical (unpaired) electrons. The third-order valence-corrected chi connectivity index (χ3v) is 4.29. The van der Waals surface area contributed by atoms with Crippen LogP contribution in [0.2, 0.25) is 0 Å². The van der Waals surface area contributed by atoms with Gasteiger partial charge in [-0.2, -0.15) is 10.2 Å². The van der Waals surface area contributed by atoms with Crippen LogP contribution in [0.4, 0.5) is 5.82 Å². The van der Waals surface area contributed by atoms with Crippen molar-refractivity contribution in [2.45, 2.75) is 6.54 Å². The summed E-state index contributed by atoms with van der Waals surface area (Å²) in [4.78, 5) is 23.6. The third kappa shape index (κ3) is 3.93. The molecule has 4 aromatic rings. The number of carbonyl (C=O) groups excluding carboxylic acids is 2. The molecule has 1 aromatic carbocycles. The van der Waals surface area contributed by atoms with Gasteiger partial charge in [-0.1, -0.05) is 30.3 Å². The first-order valence-electron chi connectivity index (χ1n) is 8.81. The molecule has 9 heteroatoms. The lowest BCUT2D eigenvalue weighted by Gasteiger charge is -2.04. The summed E-state index contributed by atoms with van der Waals surface area (Å²) in [6.45, 7) is 0.00916. The van der Waals surface area contributed by atoms with E-state index >= 15 is 0 Å². The Labute approximate surface area is 165 Å². The molecule has 0 unspecified atom stereocenters. The maximum atomic E-state index is 12.4. The Morgan fingerprint density at radius 2 is 1.93 bits per heavy atom. The number of primary amides is 1. The van der Waals surface area contributed by atoms with Gasteiger partial charge in [0.2, 0.25) is 5.91 Å². The van der Waals surface area contributed by atoms with Crippen LogP contribution in [0.3, 0.4) is 0 Å². The van der Waals surface area contributed by atoms with Gasteiger partial charge >= 0.3 is 0 Å². The molecular weight excluding hydrogens is 372 g/mol. The van der Waals surface area contributed by atoms with Crippen molar-refractivity contribution in [3.8, 4) is 22.6 Å². The monoisotopic (exact) mass is 390 g/mol. The van der Waals surface area contributed by atoms with Crippen molar-refractivity contribution in [3.63, 3.8) is 0 Å². The Bertz CT molecular complexity index is 1170. The molecule has 146 valence electrons. The van der Waals surface area contributed by atoms with Gasteiger partial charge in [-0.3, -0.25) is 19.0 Å². The zero-order chi connectivity index (χ0) is 20.4. The first-order chi connectivity index (χ1) is 14.0. The van der Waals surface area contributed by atoms with Crippen LogP contribution < -0.4 is 11.1 Å². The number of nitrogens with zero attached hydrogens (tertiary/aromatic N) is 4. The van der Waals surface area contributed by atoms with Gasteiger partial charge in [-0.25, -0.2) is 0 Å². The van der Waals surface area contributed by atoms with E-state index in [1.807, 2.05) is 36.4 Å². The molecular formula is C20H18N6O3. The number of amides is 2. The Hall–Kier alpha value is -4.14. The SMILES string of the molecule is Cn1nc(-c2ccccc2)cc1NC(=O)Cn1cc(-c2ccc(C(N)=O)o2)cn1. The normalized spacial score (nSPS) is 10.8. The number of rotatable bonds is 6. The van der Waals surface area contributed by atoms with Crippen molar-refractivity contribution >= 4 is 17.6 Å². The summed E-state index contributed by atoms with van der Waals surface area (Å²) in [5, 5.41) is 11.4. The van der Waals surface area contributed by atoms with Crippen LogP contribution in [0.25, 0.3) is 22.6 Å². The lowest BCUT2D eigenvalue weighted by molar-refractivity contribution is -0.116. The van der Waals surface area contributed by atoms with E-state index in [-0.39, 0.29) is 18.2 Å². The highest BCUT2D eigenvalue weighted by Gasteiger charge is 2.13. The molecule has 29 heavy (non-hydrogen) atoms. The number of nitrogens with two attached hydrogens (primary N) is 1. The number of furan rings is 1. The number of aromatic nitrogens is 4. The second kappa shape index (κ2) is 7.47. The van der Waals surface area contributed by atoms with Crippen molar-refractivity contribution in [1.82, 2.24) is 19.6 Å². The minimum atomic E-state index is -0.644. The molecule has 0 fully saturated rings. The Morgan fingerprint density at radius 3 is 2.66 bits per heavy atom. The summed E-state index contributed by atoms with van der Waals surface area (Å²) < 4.78 is 8.46. The molecule has 0 atom stereocenters. The largest absolute Gasteiger partial charge is 0.451 e. The summed E-state index contributed by atoms with van der Waals surface area (Å²) in [5.41, 5.74) is 7.56. The molecule has 3 heterocycles. The summed E-state index contributed by atoms with van der Waals surface area (Å²) in [6.07, 6.45) is 3.20. The molecule has 9 nitrogen and oxygen atoms in total. The van der Waals surface area contributed by atoms with Gasteiger partial charge in [0.25, 0.3) is 5.91 Å². The fourth-order valence-corrected chi connectivity index (χ4v) is 2.87. The van der Waals surface area contributed by atoms with E-state index in [2.05, 4.69) is 15.5 Å². The number of anilines is 1. The predicted molar refractivity (Wildman–Crippen MR) is 106 cm³/mol. The zero-order valence-corrected chi connectivity index (χ0v) is 15.6. The molecule has 0 aliphatic carbocycles. The Morgan fingerprint density at radius 1 is 1.14 bits per heavy atom. The van der Waals surface area contributed by atoms with Crippen LogP contribution in [0.5, 0.6) is 0 Å². The number of benzene rings is 1. The molecule has 4 rings (SSSR count). The maximum Gasteiger partial charge on any atom is 0.284 e. The van der Waals surface area contributed by atoms with E-state index in [1.165, 1.54) is 10.7 Å². The Balaban J connectivity index is 1.43. The molecule has 3 N–H and O–H groups in total. The highest BCUT2D eigenvalue weighted by atomic mass is 16.3. The fourth-order valence-electron chi connectivity index (χ4n) is 2.87. The van der Waals surface area contributed by atoms with Crippen molar-refractivity contribution in [1.29, 1.82) is 0 Å². The molecule has 0 spiro atoms. The fraction of sp³-hybridized carbons (Fsp3) is 0.100. The van der Waals surface area contributed by atoms with E-state index in [0.717, 1.165) is 11.3 Å². The van der Waals surface area contributed by atoms with Crippen LogP contribution >= 0.6 is 0 Å². The van der Waals surface area contributed by atoms with Gasteiger partial charge in [0.15, 0.2) is 5.76 Å². The van der Waals surface area contributed by atoms with E-state index in [0.29, 0.717) is 17.1 Å². The molecule has 0 saturated carbocycles. The van der Waals surface area contributed by atoms with Gasteiger partial charge in [0, 0.05) is 24.9 Å². The van der Waals surface area contributed by atoms with Gasteiger partial charge in [0.05, 0.1) is 17.5 Å². The summed E-state index contributed by atoms with van der Waals surface area (Å²) in [7, 11) is 1.77. The zero-order valence-electron chi connectivity index (χ0n) is 15.6. The highest BCUT2D eigenvalue weighted by molar-refractivity contribution is 5.91. The average Bonchev–Trinajstić information content (AvgIpc) is 3.43. The van der Waals surface area contributed by atoms with Gasteiger partial charge < -0.3 is 15.5 Å². The van der Waals surface area contributed by atoms with E-state index in [9.17, 15) is 9.59 Å². The lowest BCUT2D eigenvalue weighted by atomic mass is 10.2. The number of aryl methyl sites for hydroxylation is 1. The first-order valence-corrected chi connectivity index (χ1v) is 8.81. The number of hydrogen-bond donors (Lipinski definition) is 2. The quantitative estimate of drug-likeness (QED) is 0.523. The molecule has 3 aromatic heterocycles. The summed E-state index contributed by atoms with van der Waals surface area (Å²) >= 11 is 0. The second-order valence-electron chi connectivity index (χ2n) is 6.41. The van der Waals surface area contributed by atoms with E-state index in [1.54, 1.807) is 30.2 Å². The van der Waals surface area contributed by atoms with Crippen molar-refractivity contribution < 1.29 is 14.0 Å². The molecule has 0 aliphatic heterocycles. The van der Waals surface area contributed by atoms with Gasteiger partial charge in [0.1, 0.15) is 18.1 Å². The third-order valence-electron chi connectivity index (χ3n) is 4.29. The topological polar surface area (TPSA) is 121 Å². The minimum Gasteiger partial charge on any atom is -0.451 e. The molecule has 0 saturated heterocycles. The number of hydrogen-bond acceptors (Lipinski definition) is 5. The number of nitrogens with one attached hydrogen (secondary N) is 1. The Kier molecular flexibility index (Phi) is 4.70. The summed E-state index contributed by atoms with van der Waals surface area (Å²) in [5.74, 6) is 0.201. The lowest BCUT2D eigenvalue weighted by Crippen LogP contribution is -2.20. The van der Waals surface area contributed by atoms with E-state index < -0.39 is 5.91 Å². The van der Waals surface area contributed by atoms with Crippen LogP contribution in [0, 0.1) is 0 Å². The van der Waals surface area contributed by atoms with Crippen LogP contribution in [0.15, 0.2) is 65.3 Å².